The number of benzene rings is 2. The monoisotopic (exact) mass is 542 g/mol. The Morgan fingerprint density at radius 2 is 0.969 bits per heavy atom. The fourth-order valence-corrected chi connectivity index (χ4v) is 5.06. The maximum absolute atomic E-state index is 12.4. The lowest BCUT2D eigenvalue weighted by Crippen LogP contribution is -2.12. The van der Waals surface area contributed by atoms with E-state index in [4.69, 9.17) is 46.4 Å². The molecule has 2 aromatic carbocycles. The Hall–Kier alpha value is -2.20. The van der Waals surface area contributed by atoms with E-state index in [1.165, 1.54) is 46.9 Å². The highest BCUT2D eigenvalue weighted by atomic mass is 35.5. The van der Waals surface area contributed by atoms with Gasteiger partial charge in [0.05, 0.1) is 0 Å². The summed E-state index contributed by atoms with van der Waals surface area (Å²) in [5.41, 5.74) is 1.74. The van der Waals surface area contributed by atoms with Crippen LogP contribution >= 0.6 is 69.1 Å². The molecule has 32 heavy (non-hydrogen) atoms. The van der Waals surface area contributed by atoms with E-state index in [-0.39, 0.29) is 11.8 Å². The van der Waals surface area contributed by atoms with Crippen molar-refractivity contribution in [2.75, 3.05) is 10.6 Å². The van der Waals surface area contributed by atoms with Gasteiger partial charge in [-0.1, -0.05) is 46.4 Å². The molecule has 2 aromatic heterocycles. The van der Waals surface area contributed by atoms with E-state index in [1.807, 2.05) is 0 Å². The second kappa shape index (κ2) is 9.74. The molecule has 0 fully saturated rings. The topological polar surface area (TPSA) is 84.0 Å². The van der Waals surface area contributed by atoms with Gasteiger partial charge in [-0.2, -0.15) is 0 Å². The fourth-order valence-electron chi connectivity index (χ4n) is 2.61. The summed E-state index contributed by atoms with van der Waals surface area (Å²) in [6.45, 7) is 0. The van der Waals surface area contributed by atoms with Gasteiger partial charge in [0, 0.05) is 42.0 Å². The number of amides is 2. The van der Waals surface area contributed by atoms with Crippen LogP contribution in [0.15, 0.2) is 47.2 Å². The zero-order valence-electron chi connectivity index (χ0n) is 15.7. The number of hydrogen-bond donors (Lipinski definition) is 2. The molecule has 2 amide bonds. The Labute approximate surface area is 210 Å². The molecule has 0 saturated carbocycles. The summed E-state index contributed by atoms with van der Waals surface area (Å²) in [5, 5.41) is 11.1. The maximum Gasteiger partial charge on any atom is 0.257 e. The molecule has 0 aliphatic carbocycles. The van der Waals surface area contributed by atoms with Crippen LogP contribution in [0.3, 0.4) is 0 Å². The number of nitrogens with one attached hydrogen (secondary N) is 2. The lowest BCUT2D eigenvalue weighted by Gasteiger charge is -2.03. The van der Waals surface area contributed by atoms with Crippen LogP contribution in [0, 0.1) is 0 Å². The van der Waals surface area contributed by atoms with Crippen molar-refractivity contribution >= 4 is 91.2 Å². The Bertz CT molecular complexity index is 1200. The van der Waals surface area contributed by atoms with Gasteiger partial charge in [-0.3, -0.25) is 20.2 Å². The van der Waals surface area contributed by atoms with Crippen LogP contribution in [-0.4, -0.2) is 21.8 Å². The number of rotatable bonds is 5. The molecular weight excluding hydrogens is 534 g/mol. The van der Waals surface area contributed by atoms with E-state index in [0.29, 0.717) is 52.9 Å². The van der Waals surface area contributed by atoms with Crippen LogP contribution in [0.1, 0.15) is 20.7 Å². The normalized spacial score (nSPS) is 10.8. The molecule has 0 atom stereocenters. The molecule has 4 rings (SSSR count). The van der Waals surface area contributed by atoms with E-state index in [0.717, 1.165) is 0 Å². The summed E-state index contributed by atoms with van der Waals surface area (Å²) in [6.07, 6.45) is 0. The number of halogens is 4. The van der Waals surface area contributed by atoms with E-state index < -0.39 is 0 Å². The first-order valence-corrected chi connectivity index (χ1v) is 12.0. The van der Waals surface area contributed by atoms with Crippen LogP contribution in [0.5, 0.6) is 0 Å². The van der Waals surface area contributed by atoms with E-state index in [1.54, 1.807) is 22.9 Å². The van der Waals surface area contributed by atoms with Crippen molar-refractivity contribution in [2.24, 2.45) is 0 Å². The summed E-state index contributed by atoms with van der Waals surface area (Å²) in [4.78, 5) is 33.6. The summed E-state index contributed by atoms with van der Waals surface area (Å²) < 4.78 is 0. The Kier molecular flexibility index (Phi) is 6.99. The molecule has 2 N–H and O–H groups in total. The van der Waals surface area contributed by atoms with Crippen molar-refractivity contribution in [1.82, 2.24) is 9.97 Å². The van der Waals surface area contributed by atoms with E-state index in [9.17, 15) is 9.59 Å². The third-order valence-electron chi connectivity index (χ3n) is 3.96. The Morgan fingerprint density at radius 1 is 0.625 bits per heavy atom. The molecular formula is C20H10Cl4N4O2S2. The number of carbonyl (C=O) groups is 2. The SMILES string of the molecule is O=C(Nc1nc(-c2csc(NC(=O)c3cc(Cl)cc(Cl)c3)n2)cs1)c1cc(Cl)cc(Cl)c1. The molecule has 0 spiro atoms. The van der Waals surface area contributed by atoms with Crippen molar-refractivity contribution < 1.29 is 9.59 Å². The fraction of sp³-hybridized carbons (Fsp3) is 0. The number of nitrogens with zero attached hydrogens (tertiary/aromatic N) is 2. The van der Waals surface area contributed by atoms with Gasteiger partial charge in [0.2, 0.25) is 0 Å². The van der Waals surface area contributed by atoms with Crippen molar-refractivity contribution in [3.8, 4) is 11.4 Å². The minimum Gasteiger partial charge on any atom is -0.298 e. The summed E-state index contributed by atoms with van der Waals surface area (Å²) >= 11 is 26.3. The number of hydrogen-bond acceptors (Lipinski definition) is 6. The molecule has 0 aliphatic rings. The van der Waals surface area contributed by atoms with Gasteiger partial charge in [0.1, 0.15) is 11.4 Å². The molecule has 0 saturated heterocycles. The van der Waals surface area contributed by atoms with Crippen LogP contribution in [0.25, 0.3) is 11.4 Å². The smallest absolute Gasteiger partial charge is 0.257 e. The van der Waals surface area contributed by atoms with Crippen molar-refractivity contribution in [3.63, 3.8) is 0 Å². The number of carbonyl (C=O) groups excluding carboxylic acids is 2. The van der Waals surface area contributed by atoms with Gasteiger partial charge < -0.3 is 0 Å². The van der Waals surface area contributed by atoms with E-state index >= 15 is 0 Å². The molecule has 0 aliphatic heterocycles. The zero-order valence-corrected chi connectivity index (χ0v) is 20.3. The van der Waals surface area contributed by atoms with Gasteiger partial charge in [-0.15, -0.1) is 22.7 Å². The zero-order chi connectivity index (χ0) is 22.8. The highest BCUT2D eigenvalue weighted by Crippen LogP contribution is 2.29. The molecule has 0 radical (unpaired) electrons. The number of anilines is 2. The third-order valence-corrected chi connectivity index (χ3v) is 6.35. The lowest BCUT2D eigenvalue weighted by molar-refractivity contribution is 0.101. The van der Waals surface area contributed by atoms with Gasteiger partial charge in [0.25, 0.3) is 11.8 Å². The van der Waals surface area contributed by atoms with Gasteiger partial charge in [-0.25, -0.2) is 9.97 Å². The van der Waals surface area contributed by atoms with Gasteiger partial charge in [-0.05, 0) is 36.4 Å². The first-order chi connectivity index (χ1) is 15.3. The second-order valence-electron chi connectivity index (χ2n) is 6.30. The second-order valence-corrected chi connectivity index (χ2v) is 9.76. The first-order valence-electron chi connectivity index (χ1n) is 8.73. The van der Waals surface area contributed by atoms with Gasteiger partial charge in [0.15, 0.2) is 10.3 Å². The number of thiazole rings is 2. The quantitative estimate of drug-likeness (QED) is 0.275. The van der Waals surface area contributed by atoms with Crippen molar-refractivity contribution in [2.45, 2.75) is 0 Å². The number of aromatic nitrogens is 2. The van der Waals surface area contributed by atoms with Gasteiger partial charge >= 0.3 is 0 Å². The average molecular weight is 544 g/mol. The highest BCUT2D eigenvalue weighted by molar-refractivity contribution is 7.15. The Morgan fingerprint density at radius 3 is 1.31 bits per heavy atom. The standard InChI is InChI=1S/C20H10Cl4N4O2S2/c21-11-1-9(2-12(22)5-11)17(29)27-19-25-15(7-31-19)16-8-32-20(26-16)28-18(30)10-3-13(23)6-14(24)4-10/h1-8H,(H,25,27,29)(H,26,28,30). The Balaban J connectivity index is 1.45. The van der Waals surface area contributed by atoms with Crippen molar-refractivity contribution in [3.05, 3.63) is 78.4 Å². The molecule has 162 valence electrons. The summed E-state index contributed by atoms with van der Waals surface area (Å²) in [7, 11) is 0. The predicted molar refractivity (Wildman–Crippen MR) is 132 cm³/mol. The molecule has 4 aromatic rings. The van der Waals surface area contributed by atoms with E-state index in [2.05, 4.69) is 20.6 Å². The molecule has 6 nitrogen and oxygen atoms in total. The average Bonchev–Trinajstić information content (AvgIpc) is 3.36. The molecule has 12 heteroatoms. The van der Waals surface area contributed by atoms with Crippen molar-refractivity contribution in [1.29, 1.82) is 0 Å². The first kappa shape index (κ1) is 23.0. The van der Waals surface area contributed by atoms with Crippen LogP contribution in [-0.2, 0) is 0 Å². The third kappa shape index (κ3) is 5.58. The lowest BCUT2D eigenvalue weighted by atomic mass is 10.2. The molecule has 0 unspecified atom stereocenters. The van der Waals surface area contributed by atoms with Crippen LogP contribution in [0.2, 0.25) is 20.1 Å². The minimum absolute atomic E-state index is 0.319. The van der Waals surface area contributed by atoms with Crippen LogP contribution < -0.4 is 10.6 Å². The predicted octanol–water partition coefficient (Wildman–Crippen LogP) is 7.38. The molecule has 2 heterocycles. The van der Waals surface area contributed by atoms with Crippen LogP contribution in [0.4, 0.5) is 10.3 Å². The molecule has 0 bridgehead atoms. The highest BCUT2D eigenvalue weighted by Gasteiger charge is 2.15. The minimum atomic E-state index is -0.387. The summed E-state index contributed by atoms with van der Waals surface area (Å²) in [5.74, 6) is -0.775. The summed E-state index contributed by atoms with van der Waals surface area (Å²) in [6, 6.07) is 9.14. The maximum atomic E-state index is 12.4. The largest absolute Gasteiger partial charge is 0.298 e.